The molecule has 0 saturated heterocycles. The fourth-order valence-corrected chi connectivity index (χ4v) is 3.19. The summed E-state index contributed by atoms with van der Waals surface area (Å²) in [7, 11) is 1.74. The molecule has 0 spiro atoms. The minimum atomic E-state index is -0.0972. The first-order chi connectivity index (χ1) is 14.5. The number of aryl methyl sites for hydroxylation is 1. The van der Waals surface area contributed by atoms with Crippen LogP contribution in [0.2, 0.25) is 5.02 Å². The molecule has 0 bridgehead atoms. The molecule has 6 nitrogen and oxygen atoms in total. The molecule has 0 saturated carbocycles. The average Bonchev–Trinajstić information content (AvgIpc) is 3.12. The van der Waals surface area contributed by atoms with Gasteiger partial charge in [0.1, 0.15) is 23.8 Å². The van der Waals surface area contributed by atoms with Crippen molar-refractivity contribution in [3.8, 4) is 11.5 Å². The highest BCUT2D eigenvalue weighted by molar-refractivity contribution is 6.31. The molecule has 7 heteroatoms. The maximum atomic E-state index is 12.9. The zero-order valence-electron chi connectivity index (χ0n) is 17.5. The van der Waals surface area contributed by atoms with Crippen molar-refractivity contribution in [2.45, 2.75) is 33.5 Å². The summed E-state index contributed by atoms with van der Waals surface area (Å²) in [6, 6.07) is 14.9. The number of carbonyl (C=O) groups excluding carboxylic acids is 1. The normalized spacial score (nSPS) is 10.7. The van der Waals surface area contributed by atoms with Crippen molar-refractivity contribution in [1.29, 1.82) is 0 Å². The Balaban J connectivity index is 1.62. The molecule has 0 unspecified atom stereocenters. The Bertz CT molecular complexity index is 986. The lowest BCUT2D eigenvalue weighted by atomic mass is 10.1. The van der Waals surface area contributed by atoms with E-state index in [1.165, 1.54) is 0 Å². The van der Waals surface area contributed by atoms with Crippen molar-refractivity contribution >= 4 is 17.5 Å². The largest absolute Gasteiger partial charge is 0.494 e. The molecule has 2 aromatic carbocycles. The van der Waals surface area contributed by atoms with Gasteiger partial charge in [0.15, 0.2) is 0 Å². The van der Waals surface area contributed by atoms with Gasteiger partial charge in [0.2, 0.25) is 0 Å². The van der Waals surface area contributed by atoms with Crippen molar-refractivity contribution < 1.29 is 14.3 Å². The van der Waals surface area contributed by atoms with Crippen LogP contribution in [0.4, 0.5) is 0 Å². The Labute approximate surface area is 182 Å². The van der Waals surface area contributed by atoms with E-state index in [1.807, 2.05) is 56.3 Å². The standard InChI is InChI=1S/C23H26ClN3O3/c1-4-27-14-21(24)22(25-27)15-26(3)23(28)18-8-6-7-17(13-18)16-30-20-11-9-19(10-12-20)29-5-2/h6-14H,4-5,15-16H2,1-3H3. The predicted molar refractivity (Wildman–Crippen MR) is 117 cm³/mol. The molecule has 0 aliphatic carbocycles. The van der Waals surface area contributed by atoms with E-state index in [1.54, 1.807) is 28.9 Å². The zero-order chi connectivity index (χ0) is 21.5. The molecular weight excluding hydrogens is 402 g/mol. The molecule has 0 aliphatic rings. The van der Waals surface area contributed by atoms with E-state index in [0.717, 1.165) is 23.6 Å². The number of hydrogen-bond donors (Lipinski definition) is 0. The number of aromatic nitrogens is 2. The Morgan fingerprint density at radius 3 is 2.43 bits per heavy atom. The molecule has 0 radical (unpaired) electrons. The van der Waals surface area contributed by atoms with Crippen molar-refractivity contribution in [3.63, 3.8) is 0 Å². The van der Waals surface area contributed by atoms with Crippen LogP contribution in [-0.2, 0) is 19.7 Å². The van der Waals surface area contributed by atoms with Crippen LogP contribution in [0.25, 0.3) is 0 Å². The fraction of sp³-hybridized carbons (Fsp3) is 0.304. The van der Waals surface area contributed by atoms with E-state index in [9.17, 15) is 4.79 Å². The highest BCUT2D eigenvalue weighted by Gasteiger charge is 2.16. The first-order valence-corrected chi connectivity index (χ1v) is 10.3. The highest BCUT2D eigenvalue weighted by Crippen LogP contribution is 2.20. The molecule has 3 aromatic rings. The van der Waals surface area contributed by atoms with E-state index in [0.29, 0.717) is 36.0 Å². The summed E-state index contributed by atoms with van der Waals surface area (Å²) in [6.45, 7) is 6.00. The van der Waals surface area contributed by atoms with Crippen LogP contribution < -0.4 is 9.47 Å². The molecule has 30 heavy (non-hydrogen) atoms. The lowest BCUT2D eigenvalue weighted by Crippen LogP contribution is -2.26. The maximum absolute atomic E-state index is 12.9. The summed E-state index contributed by atoms with van der Waals surface area (Å²) >= 11 is 6.22. The van der Waals surface area contributed by atoms with Crippen molar-refractivity contribution in [2.24, 2.45) is 0 Å². The zero-order valence-corrected chi connectivity index (χ0v) is 18.2. The van der Waals surface area contributed by atoms with Gasteiger partial charge in [-0.2, -0.15) is 5.10 Å². The first kappa shape index (κ1) is 21.7. The quantitative estimate of drug-likeness (QED) is 0.492. The third-order valence-corrected chi connectivity index (χ3v) is 4.87. The molecule has 158 valence electrons. The van der Waals surface area contributed by atoms with Crippen LogP contribution in [0.5, 0.6) is 11.5 Å². The monoisotopic (exact) mass is 427 g/mol. The minimum Gasteiger partial charge on any atom is -0.494 e. The van der Waals surface area contributed by atoms with Crippen molar-refractivity contribution in [2.75, 3.05) is 13.7 Å². The van der Waals surface area contributed by atoms with Gasteiger partial charge in [0, 0.05) is 25.4 Å². The Hall–Kier alpha value is -2.99. The van der Waals surface area contributed by atoms with Gasteiger partial charge in [-0.15, -0.1) is 0 Å². The summed E-state index contributed by atoms with van der Waals surface area (Å²) in [4.78, 5) is 14.5. The van der Waals surface area contributed by atoms with Crippen LogP contribution in [0.1, 0.15) is 35.5 Å². The molecule has 0 fully saturated rings. The van der Waals surface area contributed by atoms with E-state index >= 15 is 0 Å². The number of ether oxygens (including phenoxy) is 2. The Morgan fingerprint density at radius 2 is 1.80 bits per heavy atom. The number of rotatable bonds is 9. The van der Waals surface area contributed by atoms with Gasteiger partial charge in [0.25, 0.3) is 5.91 Å². The van der Waals surface area contributed by atoms with Crippen LogP contribution >= 0.6 is 11.6 Å². The third kappa shape index (κ3) is 5.54. The average molecular weight is 428 g/mol. The summed E-state index contributed by atoms with van der Waals surface area (Å²) in [5, 5.41) is 4.97. The number of halogens is 1. The second-order valence-corrected chi connectivity index (χ2v) is 7.24. The number of nitrogens with zero attached hydrogens (tertiary/aromatic N) is 3. The second-order valence-electron chi connectivity index (χ2n) is 6.83. The number of carbonyl (C=O) groups is 1. The Kier molecular flexibility index (Phi) is 7.36. The van der Waals surface area contributed by atoms with Crippen molar-refractivity contribution in [1.82, 2.24) is 14.7 Å². The number of hydrogen-bond acceptors (Lipinski definition) is 4. The topological polar surface area (TPSA) is 56.6 Å². The fourth-order valence-electron chi connectivity index (χ4n) is 2.98. The van der Waals surface area contributed by atoms with Crippen LogP contribution in [-0.4, -0.2) is 34.2 Å². The van der Waals surface area contributed by atoms with Gasteiger partial charge < -0.3 is 14.4 Å². The van der Waals surface area contributed by atoms with Gasteiger partial charge >= 0.3 is 0 Å². The van der Waals surface area contributed by atoms with Gasteiger partial charge in [-0.1, -0.05) is 23.7 Å². The predicted octanol–water partition coefficient (Wildman–Crippen LogP) is 4.81. The summed E-state index contributed by atoms with van der Waals surface area (Å²) < 4.78 is 13.0. The molecular formula is C23H26ClN3O3. The van der Waals surface area contributed by atoms with Crippen LogP contribution in [0.15, 0.2) is 54.7 Å². The molecule has 0 aliphatic heterocycles. The summed E-state index contributed by atoms with van der Waals surface area (Å²) in [5.41, 5.74) is 2.19. The first-order valence-electron chi connectivity index (χ1n) is 9.92. The second kappa shape index (κ2) is 10.2. The molecule has 0 atom stereocenters. The van der Waals surface area contributed by atoms with Gasteiger partial charge in [-0.25, -0.2) is 0 Å². The smallest absolute Gasteiger partial charge is 0.253 e. The summed E-state index contributed by atoms with van der Waals surface area (Å²) in [5.74, 6) is 1.46. The summed E-state index contributed by atoms with van der Waals surface area (Å²) in [6.07, 6.45) is 1.77. The Morgan fingerprint density at radius 1 is 1.10 bits per heavy atom. The third-order valence-electron chi connectivity index (χ3n) is 4.56. The van der Waals surface area contributed by atoms with Gasteiger partial charge in [-0.05, 0) is 55.8 Å². The number of benzene rings is 2. The van der Waals surface area contributed by atoms with Crippen molar-refractivity contribution in [3.05, 3.63) is 76.6 Å². The molecule has 1 aromatic heterocycles. The van der Waals surface area contributed by atoms with Gasteiger partial charge in [0.05, 0.1) is 18.2 Å². The van der Waals surface area contributed by atoms with Crippen LogP contribution in [0.3, 0.4) is 0 Å². The van der Waals surface area contributed by atoms with E-state index < -0.39 is 0 Å². The SMILES string of the molecule is CCOc1ccc(OCc2cccc(C(=O)N(C)Cc3nn(CC)cc3Cl)c2)cc1. The highest BCUT2D eigenvalue weighted by atomic mass is 35.5. The van der Waals surface area contributed by atoms with E-state index in [-0.39, 0.29) is 5.91 Å². The molecule has 0 N–H and O–H groups in total. The minimum absolute atomic E-state index is 0.0972. The molecule has 3 rings (SSSR count). The lowest BCUT2D eigenvalue weighted by molar-refractivity contribution is 0.0783. The maximum Gasteiger partial charge on any atom is 0.253 e. The van der Waals surface area contributed by atoms with E-state index in [2.05, 4.69) is 5.10 Å². The van der Waals surface area contributed by atoms with Gasteiger partial charge in [-0.3, -0.25) is 9.48 Å². The van der Waals surface area contributed by atoms with E-state index in [4.69, 9.17) is 21.1 Å². The molecule has 1 amide bonds. The van der Waals surface area contributed by atoms with Crippen LogP contribution in [0, 0.1) is 0 Å². The number of amides is 1. The molecule has 1 heterocycles. The lowest BCUT2D eigenvalue weighted by Gasteiger charge is -2.17.